The molecule has 8 heteroatoms. The lowest BCUT2D eigenvalue weighted by molar-refractivity contribution is -0.132. The third-order valence-electron chi connectivity index (χ3n) is 4.83. The Morgan fingerprint density at radius 3 is 2.72 bits per heavy atom. The summed E-state index contributed by atoms with van der Waals surface area (Å²) in [6, 6.07) is 5.39. The molecule has 0 bridgehead atoms. The highest BCUT2D eigenvalue weighted by Gasteiger charge is 2.38. The number of hydrogen-bond acceptors (Lipinski definition) is 6. The van der Waals surface area contributed by atoms with E-state index in [1.165, 1.54) is 11.8 Å². The van der Waals surface area contributed by atoms with Crippen molar-refractivity contribution < 1.29 is 13.2 Å². The van der Waals surface area contributed by atoms with Gasteiger partial charge in [0.2, 0.25) is 5.91 Å². The Bertz CT molecular complexity index is 783. The molecule has 2 heterocycles. The lowest BCUT2D eigenvalue weighted by Gasteiger charge is -2.34. The first-order chi connectivity index (χ1) is 12.0. The predicted molar refractivity (Wildman–Crippen MR) is 95.8 cm³/mol. The van der Waals surface area contributed by atoms with Crippen molar-refractivity contribution in [3.05, 3.63) is 23.9 Å². The Morgan fingerprint density at radius 1 is 1.32 bits per heavy atom. The van der Waals surface area contributed by atoms with Crippen LogP contribution in [0.1, 0.15) is 37.7 Å². The Balaban J connectivity index is 1.72. The molecule has 25 heavy (non-hydrogen) atoms. The average Bonchev–Trinajstić information content (AvgIpc) is 3.23. The van der Waals surface area contributed by atoms with Crippen molar-refractivity contribution >= 4 is 27.5 Å². The molecule has 1 atom stereocenters. The molecule has 1 aromatic rings. The van der Waals surface area contributed by atoms with E-state index in [2.05, 4.69) is 11.1 Å². The van der Waals surface area contributed by atoms with Crippen LogP contribution in [0.4, 0.5) is 0 Å². The van der Waals surface area contributed by atoms with Gasteiger partial charge in [-0.3, -0.25) is 4.79 Å². The molecule has 0 aromatic carbocycles. The highest BCUT2D eigenvalue weighted by Crippen LogP contribution is 2.30. The van der Waals surface area contributed by atoms with E-state index in [1.54, 1.807) is 18.3 Å². The number of amides is 1. The maximum atomic E-state index is 12.9. The van der Waals surface area contributed by atoms with Gasteiger partial charge in [0.25, 0.3) is 0 Å². The first-order valence-electron chi connectivity index (χ1n) is 8.49. The van der Waals surface area contributed by atoms with E-state index in [0.717, 1.165) is 25.7 Å². The van der Waals surface area contributed by atoms with E-state index in [9.17, 15) is 13.2 Å². The second-order valence-corrected chi connectivity index (χ2v) is 9.75. The number of thioether (sulfide) groups is 1. The van der Waals surface area contributed by atoms with Crippen LogP contribution >= 0.6 is 11.8 Å². The van der Waals surface area contributed by atoms with Crippen LogP contribution in [0.2, 0.25) is 0 Å². The van der Waals surface area contributed by atoms with Crippen LogP contribution in [0.25, 0.3) is 0 Å². The van der Waals surface area contributed by atoms with Gasteiger partial charge in [-0.2, -0.15) is 5.26 Å². The smallest absolute Gasteiger partial charge is 0.233 e. The van der Waals surface area contributed by atoms with Crippen LogP contribution in [0.15, 0.2) is 23.4 Å². The number of carbonyl (C=O) groups is 1. The number of aromatic nitrogens is 1. The molecule has 0 radical (unpaired) electrons. The van der Waals surface area contributed by atoms with E-state index in [4.69, 9.17) is 5.26 Å². The summed E-state index contributed by atoms with van der Waals surface area (Å²) in [7, 11) is -3.04. The second-order valence-electron chi connectivity index (χ2n) is 6.55. The highest BCUT2D eigenvalue weighted by atomic mass is 32.2. The molecule has 0 spiro atoms. The third kappa shape index (κ3) is 4.33. The summed E-state index contributed by atoms with van der Waals surface area (Å²) < 4.78 is 23.7. The Labute approximate surface area is 152 Å². The normalized spacial score (nSPS) is 22.6. The number of nitrogens with zero attached hydrogens (tertiary/aromatic N) is 3. The number of sulfone groups is 1. The molecule has 0 unspecified atom stereocenters. The lowest BCUT2D eigenvalue weighted by Crippen LogP contribution is -2.47. The minimum atomic E-state index is -3.04. The van der Waals surface area contributed by atoms with Crippen LogP contribution in [0.3, 0.4) is 0 Å². The number of hydrogen-bond donors (Lipinski definition) is 0. The molecule has 2 fully saturated rings. The maximum Gasteiger partial charge on any atom is 0.233 e. The second kappa shape index (κ2) is 7.75. The largest absolute Gasteiger partial charge is 0.335 e. The molecule has 134 valence electrons. The van der Waals surface area contributed by atoms with Crippen LogP contribution in [-0.2, 0) is 14.6 Å². The molecule has 1 saturated heterocycles. The standard InChI is InChI=1S/C17H21N3O3S2/c18-10-13-4-3-8-19-17(13)24-11-16(21)20(14-5-1-2-6-14)15-7-9-25(22,23)12-15/h3-4,8,14-15H,1-2,5-7,9,11-12H2/t15-/m0/s1. The fourth-order valence-corrected chi connectivity index (χ4v) is 6.20. The zero-order valence-corrected chi connectivity index (χ0v) is 15.6. The molecule has 3 rings (SSSR count). The van der Waals surface area contributed by atoms with Crippen molar-refractivity contribution in [2.24, 2.45) is 0 Å². The molecule has 1 aliphatic heterocycles. The van der Waals surface area contributed by atoms with Crippen LogP contribution in [-0.4, -0.2) is 53.6 Å². The van der Waals surface area contributed by atoms with E-state index in [0.29, 0.717) is 17.0 Å². The van der Waals surface area contributed by atoms with E-state index in [-0.39, 0.29) is 35.2 Å². The minimum Gasteiger partial charge on any atom is -0.335 e. The molecule has 6 nitrogen and oxygen atoms in total. The zero-order valence-electron chi connectivity index (χ0n) is 13.9. The predicted octanol–water partition coefficient (Wildman–Crippen LogP) is 2.00. The van der Waals surface area contributed by atoms with Gasteiger partial charge in [-0.05, 0) is 31.4 Å². The first kappa shape index (κ1) is 18.2. The Morgan fingerprint density at radius 2 is 2.08 bits per heavy atom. The first-order valence-corrected chi connectivity index (χ1v) is 11.3. The highest BCUT2D eigenvalue weighted by molar-refractivity contribution is 8.00. The Kier molecular flexibility index (Phi) is 5.64. The van der Waals surface area contributed by atoms with Gasteiger partial charge in [-0.25, -0.2) is 13.4 Å². The van der Waals surface area contributed by atoms with Crippen molar-refractivity contribution in [1.82, 2.24) is 9.88 Å². The summed E-state index contributed by atoms with van der Waals surface area (Å²) in [5.74, 6) is 0.375. The molecular weight excluding hydrogens is 358 g/mol. The van der Waals surface area contributed by atoms with Crippen molar-refractivity contribution in [3.8, 4) is 6.07 Å². The van der Waals surface area contributed by atoms with Crippen molar-refractivity contribution in [1.29, 1.82) is 5.26 Å². The van der Waals surface area contributed by atoms with Gasteiger partial charge in [-0.15, -0.1) is 0 Å². The van der Waals surface area contributed by atoms with Gasteiger partial charge >= 0.3 is 0 Å². The van der Waals surface area contributed by atoms with E-state index >= 15 is 0 Å². The van der Waals surface area contributed by atoms with Crippen LogP contribution in [0, 0.1) is 11.3 Å². The van der Waals surface area contributed by atoms with Gasteiger partial charge < -0.3 is 4.90 Å². The fraction of sp³-hybridized carbons (Fsp3) is 0.588. The summed E-state index contributed by atoms with van der Waals surface area (Å²) in [5, 5.41) is 9.68. The molecule has 1 aromatic heterocycles. The molecule has 1 saturated carbocycles. The van der Waals surface area contributed by atoms with Crippen LogP contribution < -0.4 is 0 Å². The van der Waals surface area contributed by atoms with Crippen molar-refractivity contribution in [2.45, 2.75) is 49.2 Å². The monoisotopic (exact) mass is 379 g/mol. The number of carbonyl (C=O) groups excluding carboxylic acids is 1. The van der Waals surface area contributed by atoms with E-state index in [1.807, 2.05) is 4.90 Å². The summed E-state index contributed by atoms with van der Waals surface area (Å²) in [6.45, 7) is 0. The summed E-state index contributed by atoms with van der Waals surface area (Å²) in [6.07, 6.45) is 6.19. The summed E-state index contributed by atoms with van der Waals surface area (Å²) in [4.78, 5) is 18.9. The maximum absolute atomic E-state index is 12.9. The third-order valence-corrected chi connectivity index (χ3v) is 7.57. The van der Waals surface area contributed by atoms with Gasteiger partial charge in [-0.1, -0.05) is 24.6 Å². The number of nitriles is 1. The Hall–Kier alpha value is -1.59. The average molecular weight is 380 g/mol. The van der Waals surface area contributed by atoms with E-state index < -0.39 is 9.84 Å². The van der Waals surface area contributed by atoms with Gasteiger partial charge in [0.1, 0.15) is 11.1 Å². The van der Waals surface area contributed by atoms with Gasteiger partial charge in [0.15, 0.2) is 9.84 Å². The summed E-state index contributed by atoms with van der Waals surface area (Å²) in [5.41, 5.74) is 0.455. The minimum absolute atomic E-state index is 0.0476. The SMILES string of the molecule is N#Cc1cccnc1SCC(=O)N(C1CCCC1)[C@H]1CCS(=O)(=O)C1. The molecule has 1 aliphatic carbocycles. The van der Waals surface area contributed by atoms with Crippen molar-refractivity contribution in [3.63, 3.8) is 0 Å². The molecule has 0 N–H and O–H groups in total. The topological polar surface area (TPSA) is 91.1 Å². The quantitative estimate of drug-likeness (QED) is 0.727. The van der Waals surface area contributed by atoms with Crippen molar-refractivity contribution in [2.75, 3.05) is 17.3 Å². The molecular formula is C17H21N3O3S2. The lowest BCUT2D eigenvalue weighted by atomic mass is 10.1. The van der Waals surface area contributed by atoms with Crippen LogP contribution in [0.5, 0.6) is 0 Å². The number of rotatable bonds is 5. The molecule has 1 amide bonds. The van der Waals surface area contributed by atoms with Gasteiger partial charge in [0, 0.05) is 18.3 Å². The zero-order chi connectivity index (χ0) is 17.9. The number of pyridine rings is 1. The fourth-order valence-electron chi connectivity index (χ4n) is 3.68. The molecule has 2 aliphatic rings. The van der Waals surface area contributed by atoms with Gasteiger partial charge in [0.05, 0.1) is 22.8 Å². The summed E-state index contributed by atoms with van der Waals surface area (Å²) >= 11 is 1.25.